The molecule has 0 aromatic heterocycles. The molecule has 0 saturated heterocycles. The molecule has 1 atom stereocenters. The van der Waals surface area contributed by atoms with Gasteiger partial charge >= 0.3 is 18.0 Å². The zero-order chi connectivity index (χ0) is 15.0. The fourth-order valence-corrected chi connectivity index (χ4v) is 2.36. The monoisotopic (exact) mass is 286 g/mol. The lowest BCUT2D eigenvalue weighted by atomic mass is 9.97. The van der Waals surface area contributed by atoms with Crippen LogP contribution in [0.1, 0.15) is 51.4 Å². The second-order valence-corrected chi connectivity index (χ2v) is 5.15. The molecule has 20 heavy (non-hydrogen) atoms. The molecule has 0 radical (unpaired) electrons. The Labute approximate surface area is 117 Å². The van der Waals surface area contributed by atoms with E-state index < -0.39 is 30.4 Å². The number of carbonyl (C=O) groups is 3. The lowest BCUT2D eigenvalue weighted by Gasteiger charge is -2.22. The van der Waals surface area contributed by atoms with E-state index in [1.165, 1.54) is 6.42 Å². The van der Waals surface area contributed by atoms with E-state index in [9.17, 15) is 14.4 Å². The van der Waals surface area contributed by atoms with Crippen molar-refractivity contribution in [3.05, 3.63) is 0 Å². The molecular weight excluding hydrogens is 264 g/mol. The second kappa shape index (κ2) is 8.39. The molecule has 1 fully saturated rings. The Balaban J connectivity index is 2.43. The Morgan fingerprint density at radius 3 is 2.05 bits per heavy atom. The Hall–Kier alpha value is -1.79. The normalized spacial score (nSPS) is 18.4. The molecule has 1 rings (SSSR count). The third-order valence-corrected chi connectivity index (χ3v) is 3.42. The zero-order valence-electron chi connectivity index (χ0n) is 11.4. The molecule has 4 N–H and O–H groups in total. The number of carbonyl (C=O) groups excluding carboxylic acids is 1. The molecular formula is C13H22N2O5. The molecule has 7 nitrogen and oxygen atoms in total. The second-order valence-electron chi connectivity index (χ2n) is 5.15. The van der Waals surface area contributed by atoms with Crippen LogP contribution >= 0.6 is 0 Å². The maximum Gasteiger partial charge on any atom is 0.326 e. The van der Waals surface area contributed by atoms with Gasteiger partial charge in [0.25, 0.3) is 0 Å². The SMILES string of the molecule is O=C(O)C[C@H](NC(=O)NC1CCCCCCC1)C(=O)O. The average molecular weight is 286 g/mol. The van der Waals surface area contributed by atoms with E-state index >= 15 is 0 Å². The van der Waals surface area contributed by atoms with Gasteiger partial charge in [0.15, 0.2) is 0 Å². The lowest BCUT2D eigenvalue weighted by Crippen LogP contribution is -2.49. The van der Waals surface area contributed by atoms with Gasteiger partial charge in [0.2, 0.25) is 0 Å². The summed E-state index contributed by atoms with van der Waals surface area (Å²) in [5, 5.41) is 22.4. The smallest absolute Gasteiger partial charge is 0.326 e. The quantitative estimate of drug-likeness (QED) is 0.608. The summed E-state index contributed by atoms with van der Waals surface area (Å²) >= 11 is 0. The van der Waals surface area contributed by atoms with Crippen LogP contribution in [0, 0.1) is 0 Å². The third kappa shape index (κ3) is 6.40. The first-order valence-corrected chi connectivity index (χ1v) is 7.00. The van der Waals surface area contributed by atoms with Crippen LogP contribution in [0.3, 0.4) is 0 Å². The fourth-order valence-electron chi connectivity index (χ4n) is 2.36. The van der Waals surface area contributed by atoms with Gasteiger partial charge in [-0.05, 0) is 12.8 Å². The van der Waals surface area contributed by atoms with Crippen molar-refractivity contribution in [1.82, 2.24) is 10.6 Å². The van der Waals surface area contributed by atoms with Crippen LogP contribution in [0.15, 0.2) is 0 Å². The van der Waals surface area contributed by atoms with E-state index in [1.807, 2.05) is 0 Å². The standard InChI is InChI=1S/C13H22N2O5/c16-11(17)8-10(12(18)19)15-13(20)14-9-6-4-2-1-3-5-7-9/h9-10H,1-8H2,(H,16,17)(H,18,19)(H2,14,15,20)/t10-/m0/s1. The number of urea groups is 1. The van der Waals surface area contributed by atoms with Crippen LogP contribution < -0.4 is 10.6 Å². The molecule has 0 aromatic rings. The number of rotatable bonds is 5. The Kier molecular flexibility index (Phi) is 6.83. The van der Waals surface area contributed by atoms with Gasteiger partial charge in [-0.15, -0.1) is 0 Å². The summed E-state index contributed by atoms with van der Waals surface area (Å²) in [5.41, 5.74) is 0. The maximum absolute atomic E-state index is 11.7. The van der Waals surface area contributed by atoms with Crippen molar-refractivity contribution < 1.29 is 24.6 Å². The van der Waals surface area contributed by atoms with Crippen molar-refractivity contribution in [2.75, 3.05) is 0 Å². The summed E-state index contributed by atoms with van der Waals surface area (Å²) < 4.78 is 0. The first-order chi connectivity index (χ1) is 9.49. The van der Waals surface area contributed by atoms with Crippen molar-refractivity contribution in [2.45, 2.75) is 63.5 Å². The number of carboxylic acid groups (broad SMARTS) is 2. The molecule has 1 saturated carbocycles. The lowest BCUT2D eigenvalue weighted by molar-refractivity contribution is -0.145. The zero-order valence-corrected chi connectivity index (χ0v) is 11.4. The molecule has 0 aromatic carbocycles. The topological polar surface area (TPSA) is 116 Å². The van der Waals surface area contributed by atoms with Crippen LogP contribution in [0.25, 0.3) is 0 Å². The van der Waals surface area contributed by atoms with Gasteiger partial charge in [0.1, 0.15) is 6.04 Å². The van der Waals surface area contributed by atoms with Gasteiger partial charge in [0, 0.05) is 6.04 Å². The Morgan fingerprint density at radius 2 is 1.55 bits per heavy atom. The maximum atomic E-state index is 11.7. The predicted octanol–water partition coefficient (Wildman–Crippen LogP) is 1.33. The van der Waals surface area contributed by atoms with Gasteiger partial charge in [-0.1, -0.05) is 32.1 Å². The molecule has 0 bridgehead atoms. The molecule has 0 unspecified atom stereocenters. The van der Waals surface area contributed by atoms with Crippen molar-refractivity contribution in [1.29, 1.82) is 0 Å². The number of nitrogens with one attached hydrogen (secondary N) is 2. The van der Waals surface area contributed by atoms with Gasteiger partial charge in [-0.2, -0.15) is 0 Å². The van der Waals surface area contributed by atoms with E-state index in [4.69, 9.17) is 10.2 Å². The summed E-state index contributed by atoms with van der Waals surface area (Å²) in [6.07, 6.45) is 6.73. The van der Waals surface area contributed by atoms with E-state index in [0.29, 0.717) is 0 Å². The Bertz CT molecular complexity index is 351. The van der Waals surface area contributed by atoms with E-state index in [1.54, 1.807) is 0 Å². The number of amides is 2. The van der Waals surface area contributed by atoms with Crippen LogP contribution in [0.4, 0.5) is 4.79 Å². The van der Waals surface area contributed by atoms with Crippen molar-refractivity contribution in [2.24, 2.45) is 0 Å². The van der Waals surface area contributed by atoms with Gasteiger partial charge in [-0.3, -0.25) is 4.79 Å². The minimum Gasteiger partial charge on any atom is -0.481 e. The summed E-state index contributed by atoms with van der Waals surface area (Å²) in [5.74, 6) is -2.61. The van der Waals surface area contributed by atoms with E-state index in [-0.39, 0.29) is 6.04 Å². The highest BCUT2D eigenvalue weighted by molar-refractivity contribution is 5.86. The minimum absolute atomic E-state index is 0.0366. The molecule has 0 aliphatic heterocycles. The minimum atomic E-state index is -1.40. The van der Waals surface area contributed by atoms with Gasteiger partial charge < -0.3 is 20.8 Å². The van der Waals surface area contributed by atoms with Crippen molar-refractivity contribution in [3.63, 3.8) is 0 Å². The fraction of sp³-hybridized carbons (Fsp3) is 0.769. The predicted molar refractivity (Wildman–Crippen MR) is 71.5 cm³/mol. The van der Waals surface area contributed by atoms with Crippen LogP contribution in [-0.2, 0) is 9.59 Å². The third-order valence-electron chi connectivity index (χ3n) is 3.42. The summed E-state index contributed by atoms with van der Waals surface area (Å²) in [7, 11) is 0. The molecule has 0 spiro atoms. The van der Waals surface area contributed by atoms with Gasteiger partial charge in [-0.25, -0.2) is 9.59 Å². The van der Waals surface area contributed by atoms with Crippen LogP contribution in [0.5, 0.6) is 0 Å². The molecule has 0 heterocycles. The number of hydrogen-bond acceptors (Lipinski definition) is 3. The molecule has 7 heteroatoms. The number of carboxylic acids is 2. The van der Waals surface area contributed by atoms with Crippen molar-refractivity contribution in [3.8, 4) is 0 Å². The molecule has 1 aliphatic carbocycles. The van der Waals surface area contributed by atoms with Crippen molar-refractivity contribution >= 4 is 18.0 Å². The molecule has 114 valence electrons. The van der Waals surface area contributed by atoms with Crippen LogP contribution in [0.2, 0.25) is 0 Å². The first-order valence-electron chi connectivity index (χ1n) is 7.00. The highest BCUT2D eigenvalue weighted by Crippen LogP contribution is 2.16. The van der Waals surface area contributed by atoms with E-state index in [2.05, 4.69) is 10.6 Å². The largest absolute Gasteiger partial charge is 0.481 e. The number of hydrogen-bond donors (Lipinski definition) is 4. The Morgan fingerprint density at radius 1 is 1.00 bits per heavy atom. The summed E-state index contributed by atoms with van der Waals surface area (Å²) in [4.78, 5) is 33.1. The van der Waals surface area contributed by atoms with Crippen LogP contribution in [-0.4, -0.2) is 40.3 Å². The molecule has 1 aliphatic rings. The molecule has 2 amide bonds. The first kappa shape index (κ1) is 16.3. The van der Waals surface area contributed by atoms with Gasteiger partial charge in [0.05, 0.1) is 6.42 Å². The van der Waals surface area contributed by atoms with E-state index in [0.717, 1.165) is 38.5 Å². The summed E-state index contributed by atoms with van der Waals surface area (Å²) in [6.45, 7) is 0. The summed E-state index contributed by atoms with van der Waals surface area (Å²) in [6, 6.07) is -1.97. The highest BCUT2D eigenvalue weighted by atomic mass is 16.4. The number of aliphatic carboxylic acids is 2. The highest BCUT2D eigenvalue weighted by Gasteiger charge is 2.24. The average Bonchev–Trinajstić information content (AvgIpc) is 2.31.